The number of carbonyl (C=O) groups is 4. The topological polar surface area (TPSA) is 83.6 Å². The molecule has 0 aliphatic carbocycles. The van der Waals surface area contributed by atoms with E-state index in [0.717, 1.165) is 30.7 Å². The summed E-state index contributed by atoms with van der Waals surface area (Å²) >= 11 is 0. The molecule has 1 aromatic rings. The number of benzene rings is 1. The van der Waals surface area contributed by atoms with E-state index in [4.69, 9.17) is 0 Å². The summed E-state index contributed by atoms with van der Waals surface area (Å²) in [6.07, 6.45) is -3.13. The van der Waals surface area contributed by atoms with Crippen molar-refractivity contribution in [2.45, 2.75) is 69.5 Å². The summed E-state index contributed by atoms with van der Waals surface area (Å²) in [4.78, 5) is 48.4. The minimum atomic E-state index is -4.65. The first-order valence-corrected chi connectivity index (χ1v) is 11.7. The lowest BCUT2D eigenvalue weighted by Crippen LogP contribution is -2.72. The highest BCUT2D eigenvalue weighted by Crippen LogP contribution is 2.51. The van der Waals surface area contributed by atoms with Gasteiger partial charge in [0.15, 0.2) is 17.4 Å². The zero-order valence-corrected chi connectivity index (χ0v) is 19.4. The Hall–Kier alpha value is -2.92. The van der Waals surface area contributed by atoms with Gasteiger partial charge in [-0.2, -0.15) is 13.2 Å². The molecule has 36 heavy (non-hydrogen) atoms. The van der Waals surface area contributed by atoms with Crippen LogP contribution in [0, 0.1) is 23.4 Å². The van der Waals surface area contributed by atoms with Crippen LogP contribution >= 0.6 is 0 Å². The summed E-state index contributed by atoms with van der Waals surface area (Å²) in [5.41, 5.74) is -2.14. The lowest BCUT2D eigenvalue weighted by molar-refractivity contribution is -0.195. The summed E-state index contributed by atoms with van der Waals surface area (Å²) in [5, 5.41) is 2.81. The van der Waals surface area contributed by atoms with Crippen LogP contribution < -0.4 is 5.32 Å². The number of hydrogen-bond donors (Lipinski definition) is 1. The Morgan fingerprint density at radius 2 is 1.69 bits per heavy atom. The van der Waals surface area contributed by atoms with Crippen molar-refractivity contribution in [2.75, 3.05) is 13.1 Å². The third-order valence-electron chi connectivity index (χ3n) is 6.72. The van der Waals surface area contributed by atoms with Gasteiger partial charge in [0.05, 0.1) is 18.8 Å². The first kappa shape index (κ1) is 27.7. The first-order chi connectivity index (χ1) is 16.8. The number of ketones is 2. The second-order valence-electron chi connectivity index (χ2n) is 9.22. The number of carbonyl (C=O) groups excluding carboxylic acids is 4. The number of alkyl halides is 3. The number of fused-ring (bicyclic) bond motifs is 1. The van der Waals surface area contributed by atoms with E-state index in [1.54, 1.807) is 0 Å². The summed E-state index contributed by atoms with van der Waals surface area (Å²) < 4.78 is 78.2. The molecule has 1 N–H and O–H groups in total. The van der Waals surface area contributed by atoms with Gasteiger partial charge in [0.1, 0.15) is 17.1 Å². The smallest absolute Gasteiger partial charge is 0.356 e. The van der Waals surface area contributed by atoms with Gasteiger partial charge in [-0.05, 0) is 37.3 Å². The molecule has 3 aliphatic rings. The number of amides is 2. The van der Waals surface area contributed by atoms with Crippen molar-refractivity contribution in [3.05, 3.63) is 35.1 Å². The maximum absolute atomic E-state index is 13.7. The number of Topliss-reactive ketones (excluding diaryl/α,β-unsaturated/α-hetero) is 2. The zero-order valence-electron chi connectivity index (χ0n) is 19.4. The molecule has 1 aromatic carbocycles. The zero-order chi connectivity index (χ0) is 26.7. The number of hydrogen-bond acceptors (Lipinski definition) is 4. The van der Waals surface area contributed by atoms with Gasteiger partial charge in [0.25, 0.3) is 0 Å². The van der Waals surface area contributed by atoms with Gasteiger partial charge in [-0.1, -0.05) is 6.42 Å². The SMILES string of the molecule is O=C(CC(=O)C12CCCN1C(=O)C2CC(F)(F)F)Cc1cc(F)c(F)cc1F.O=C1CCCCCN1. The Bertz CT molecular complexity index is 1030. The van der Waals surface area contributed by atoms with Crippen molar-refractivity contribution in [1.29, 1.82) is 0 Å². The van der Waals surface area contributed by atoms with E-state index in [2.05, 4.69) is 5.32 Å². The molecule has 198 valence electrons. The molecule has 3 aliphatic heterocycles. The molecule has 2 unspecified atom stereocenters. The molecule has 0 spiro atoms. The third kappa shape index (κ3) is 6.07. The highest BCUT2D eigenvalue weighted by atomic mass is 19.4. The summed E-state index contributed by atoms with van der Waals surface area (Å²) in [5.74, 6) is -7.80. The summed E-state index contributed by atoms with van der Waals surface area (Å²) in [6, 6.07) is 0.758. The molecule has 0 saturated carbocycles. The third-order valence-corrected chi connectivity index (χ3v) is 6.72. The molecule has 2 atom stereocenters. The molecule has 3 heterocycles. The van der Waals surface area contributed by atoms with Crippen LogP contribution in [0.15, 0.2) is 12.1 Å². The fourth-order valence-corrected chi connectivity index (χ4v) is 5.02. The number of β-lactam (4-membered cyclic amide) rings is 1. The Morgan fingerprint density at radius 3 is 2.39 bits per heavy atom. The van der Waals surface area contributed by atoms with Crippen LogP contribution in [0.2, 0.25) is 0 Å². The van der Waals surface area contributed by atoms with E-state index in [1.807, 2.05) is 0 Å². The molecular weight excluding hydrogens is 494 g/mol. The molecule has 12 heteroatoms. The quantitative estimate of drug-likeness (QED) is 0.268. The number of rotatable bonds is 6. The van der Waals surface area contributed by atoms with Gasteiger partial charge >= 0.3 is 6.18 Å². The largest absolute Gasteiger partial charge is 0.389 e. The van der Waals surface area contributed by atoms with Crippen LogP contribution in [0.4, 0.5) is 26.3 Å². The van der Waals surface area contributed by atoms with Gasteiger partial charge < -0.3 is 10.2 Å². The van der Waals surface area contributed by atoms with Crippen LogP contribution in [0.25, 0.3) is 0 Å². The van der Waals surface area contributed by atoms with Crippen molar-refractivity contribution < 1.29 is 45.5 Å². The molecule has 4 rings (SSSR count). The van der Waals surface area contributed by atoms with Crippen molar-refractivity contribution >= 4 is 23.4 Å². The van der Waals surface area contributed by atoms with Crippen LogP contribution in [0.3, 0.4) is 0 Å². The average Bonchev–Trinajstić information content (AvgIpc) is 3.04. The summed E-state index contributed by atoms with van der Waals surface area (Å²) in [7, 11) is 0. The minimum absolute atomic E-state index is 0.0190. The van der Waals surface area contributed by atoms with E-state index in [-0.39, 0.29) is 24.9 Å². The van der Waals surface area contributed by atoms with Gasteiger partial charge in [0.2, 0.25) is 11.8 Å². The molecule has 6 nitrogen and oxygen atoms in total. The minimum Gasteiger partial charge on any atom is -0.356 e. The fourth-order valence-electron chi connectivity index (χ4n) is 5.02. The fraction of sp³-hybridized carbons (Fsp3) is 0.583. The number of halogens is 6. The highest BCUT2D eigenvalue weighted by molar-refractivity contribution is 6.11. The summed E-state index contributed by atoms with van der Waals surface area (Å²) in [6.45, 7) is 1.02. The molecule has 3 saturated heterocycles. The number of nitrogens with one attached hydrogen (secondary N) is 1. The van der Waals surface area contributed by atoms with Gasteiger partial charge in [-0.15, -0.1) is 0 Å². The lowest BCUT2D eigenvalue weighted by Gasteiger charge is -2.52. The lowest BCUT2D eigenvalue weighted by atomic mass is 9.67. The Balaban J connectivity index is 0.000000383. The predicted octanol–water partition coefficient (Wildman–Crippen LogP) is 3.79. The van der Waals surface area contributed by atoms with Crippen molar-refractivity contribution in [3.63, 3.8) is 0 Å². The van der Waals surface area contributed by atoms with Gasteiger partial charge in [0, 0.05) is 32.0 Å². The highest BCUT2D eigenvalue weighted by Gasteiger charge is 2.67. The Morgan fingerprint density at radius 1 is 1.00 bits per heavy atom. The molecule has 0 bridgehead atoms. The average molecular weight is 520 g/mol. The second kappa shape index (κ2) is 11.0. The molecule has 0 radical (unpaired) electrons. The maximum Gasteiger partial charge on any atom is 0.389 e. The van der Waals surface area contributed by atoms with E-state index in [1.165, 1.54) is 6.42 Å². The van der Waals surface area contributed by atoms with E-state index in [9.17, 15) is 45.5 Å². The van der Waals surface area contributed by atoms with Crippen LogP contribution in [-0.2, 0) is 25.6 Å². The molecule has 2 amide bonds. The monoisotopic (exact) mass is 520 g/mol. The van der Waals surface area contributed by atoms with E-state index < -0.39 is 77.4 Å². The van der Waals surface area contributed by atoms with Crippen LogP contribution in [0.1, 0.15) is 56.9 Å². The number of nitrogens with zero attached hydrogens (tertiary/aromatic N) is 1. The normalized spacial score (nSPS) is 23.6. The molecule has 0 aromatic heterocycles. The maximum atomic E-state index is 13.7. The molecular formula is C24H26F6N2O4. The van der Waals surface area contributed by atoms with E-state index in [0.29, 0.717) is 12.5 Å². The first-order valence-electron chi connectivity index (χ1n) is 11.7. The van der Waals surface area contributed by atoms with Gasteiger partial charge in [-0.3, -0.25) is 19.2 Å². The predicted molar refractivity (Wildman–Crippen MR) is 114 cm³/mol. The van der Waals surface area contributed by atoms with Gasteiger partial charge in [-0.25, -0.2) is 13.2 Å². The van der Waals surface area contributed by atoms with Crippen LogP contribution in [0.5, 0.6) is 0 Å². The van der Waals surface area contributed by atoms with Crippen molar-refractivity contribution in [3.8, 4) is 0 Å². The second-order valence-corrected chi connectivity index (χ2v) is 9.22. The molecule has 3 fully saturated rings. The van der Waals surface area contributed by atoms with Crippen molar-refractivity contribution in [2.24, 2.45) is 5.92 Å². The Kier molecular flexibility index (Phi) is 8.45. The Labute approximate surface area is 203 Å². The standard InChI is InChI=1S/C18H15F6NO3.C6H11NO/c19-12-7-14(21)13(20)5-9(12)4-10(26)6-15(27)17-2-1-3-25(17)16(28)11(17)8-18(22,23)24;8-6-4-2-1-3-5-7-6/h5,7,11H,1-4,6,8H2;1-5H2,(H,7,8). The van der Waals surface area contributed by atoms with E-state index >= 15 is 0 Å². The van der Waals surface area contributed by atoms with Crippen molar-refractivity contribution in [1.82, 2.24) is 10.2 Å². The van der Waals surface area contributed by atoms with Crippen LogP contribution in [-0.4, -0.2) is 53.1 Å².